The highest BCUT2D eigenvalue weighted by atomic mass is 16.6. The van der Waals surface area contributed by atoms with E-state index in [1.54, 1.807) is 12.1 Å². The summed E-state index contributed by atoms with van der Waals surface area (Å²) in [5.41, 5.74) is 2.64. The summed E-state index contributed by atoms with van der Waals surface area (Å²) in [7, 11) is 0. The number of nitrogens with zero attached hydrogens (tertiary/aromatic N) is 4. The number of carboxylic acid groups (broad SMARTS) is 1. The van der Waals surface area contributed by atoms with E-state index in [2.05, 4.69) is 35.2 Å². The van der Waals surface area contributed by atoms with Crippen molar-refractivity contribution in [2.24, 2.45) is 11.8 Å². The molecule has 2 saturated heterocycles. The van der Waals surface area contributed by atoms with Gasteiger partial charge < -0.3 is 24.6 Å². The molecular formula is C34H37N4O5-. The Kier molecular flexibility index (Phi) is 9.84. The Balaban J connectivity index is 1.14. The van der Waals surface area contributed by atoms with E-state index in [1.165, 1.54) is 22.6 Å². The predicted molar refractivity (Wildman–Crippen MR) is 162 cm³/mol. The number of non-ortho nitro benzene ring substituents is 1. The van der Waals surface area contributed by atoms with Crippen LogP contribution in [0.3, 0.4) is 0 Å². The van der Waals surface area contributed by atoms with E-state index in [1.807, 2.05) is 47.4 Å². The molecule has 2 fully saturated rings. The SMILES string of the molecule is O=C([O-])N(CC=CC1CCN(C[C@H]2CN(C(=O)c3ccccc3)C[C@@H]2c2ccccc2)CC1)Cc1ccc([N+](=O)[O-])cc1. The fourth-order valence-corrected chi connectivity index (χ4v) is 6.25. The van der Waals surface area contributed by atoms with E-state index >= 15 is 0 Å². The number of carbonyl (C=O) groups excluding carboxylic acids is 2. The molecule has 43 heavy (non-hydrogen) atoms. The Bertz CT molecular complexity index is 1410. The van der Waals surface area contributed by atoms with Gasteiger partial charge in [0.05, 0.1) is 4.92 Å². The van der Waals surface area contributed by atoms with Gasteiger partial charge in [0.2, 0.25) is 0 Å². The van der Waals surface area contributed by atoms with Crippen molar-refractivity contribution in [3.63, 3.8) is 0 Å². The van der Waals surface area contributed by atoms with Crippen LogP contribution >= 0.6 is 0 Å². The minimum atomic E-state index is -1.28. The molecule has 0 aromatic heterocycles. The van der Waals surface area contributed by atoms with Gasteiger partial charge in [-0.05, 0) is 61.0 Å². The van der Waals surface area contributed by atoms with E-state index in [0.29, 0.717) is 17.4 Å². The molecule has 0 aliphatic carbocycles. The van der Waals surface area contributed by atoms with Crippen LogP contribution in [0.15, 0.2) is 97.1 Å². The van der Waals surface area contributed by atoms with Crippen molar-refractivity contribution in [3.05, 3.63) is 124 Å². The van der Waals surface area contributed by atoms with Gasteiger partial charge in [-0.1, -0.05) is 72.8 Å². The third-order valence-electron chi connectivity index (χ3n) is 8.61. The molecule has 2 aliphatic heterocycles. The Labute approximate surface area is 252 Å². The van der Waals surface area contributed by atoms with Crippen LogP contribution in [0, 0.1) is 22.0 Å². The highest BCUT2D eigenvalue weighted by Gasteiger charge is 2.37. The van der Waals surface area contributed by atoms with Gasteiger partial charge in [-0.15, -0.1) is 0 Å². The normalized spacial score (nSPS) is 19.5. The average Bonchev–Trinajstić information content (AvgIpc) is 3.45. The molecule has 9 nitrogen and oxygen atoms in total. The second-order valence-electron chi connectivity index (χ2n) is 11.5. The number of amides is 2. The molecule has 3 aromatic rings. The van der Waals surface area contributed by atoms with Gasteiger partial charge in [0.1, 0.15) is 6.09 Å². The first-order valence-corrected chi connectivity index (χ1v) is 14.8. The molecule has 224 valence electrons. The topological polar surface area (TPSA) is 110 Å². The van der Waals surface area contributed by atoms with Crippen molar-refractivity contribution >= 4 is 17.7 Å². The number of allylic oxidation sites excluding steroid dienone is 1. The molecule has 2 heterocycles. The summed E-state index contributed by atoms with van der Waals surface area (Å²) in [4.78, 5) is 41.0. The van der Waals surface area contributed by atoms with Crippen LogP contribution in [0.1, 0.15) is 40.2 Å². The van der Waals surface area contributed by atoms with Crippen molar-refractivity contribution in [2.45, 2.75) is 25.3 Å². The molecule has 0 N–H and O–H groups in total. The van der Waals surface area contributed by atoms with Crippen LogP contribution in [0.2, 0.25) is 0 Å². The Morgan fingerprint density at radius 2 is 1.56 bits per heavy atom. The number of hydrogen-bond donors (Lipinski definition) is 0. The maximum Gasteiger partial charge on any atom is 0.269 e. The van der Waals surface area contributed by atoms with Crippen LogP contribution in [-0.4, -0.2) is 70.9 Å². The van der Waals surface area contributed by atoms with Gasteiger partial charge in [-0.25, -0.2) is 0 Å². The third-order valence-corrected chi connectivity index (χ3v) is 8.61. The van der Waals surface area contributed by atoms with Crippen molar-refractivity contribution in [3.8, 4) is 0 Å². The number of nitro groups is 1. The third kappa shape index (κ3) is 7.87. The molecule has 0 bridgehead atoms. The number of nitro benzene ring substituents is 1. The van der Waals surface area contributed by atoms with E-state index in [0.717, 1.165) is 51.1 Å². The zero-order chi connectivity index (χ0) is 30.2. The summed E-state index contributed by atoms with van der Waals surface area (Å²) in [6.07, 6.45) is 4.68. The second kappa shape index (κ2) is 14.1. The molecule has 2 aliphatic rings. The first-order chi connectivity index (χ1) is 20.9. The van der Waals surface area contributed by atoms with Gasteiger partial charge >= 0.3 is 0 Å². The summed E-state index contributed by atoms with van der Waals surface area (Å²) in [5.74, 6) is 1.09. The summed E-state index contributed by atoms with van der Waals surface area (Å²) in [6.45, 7) is 4.60. The minimum Gasteiger partial charge on any atom is -0.530 e. The minimum absolute atomic E-state index is 0.0310. The maximum atomic E-state index is 13.3. The van der Waals surface area contributed by atoms with E-state index in [-0.39, 0.29) is 30.6 Å². The molecule has 5 rings (SSSR count). The standard InChI is InChI=1S/C34H38N4O5/c39-33(29-11-5-2-6-12-29)37-24-30(32(25-37)28-9-3-1-4-10-28)23-35-20-17-26(18-21-35)8-7-19-36(34(40)41)22-27-13-15-31(16-14-27)38(42)43/h1-16,26,30,32H,17-25H2,(H,40,41)/p-1/t30-,32+/m0/s1. The van der Waals surface area contributed by atoms with Crippen molar-refractivity contribution in [2.75, 3.05) is 39.3 Å². The molecule has 2 amide bonds. The van der Waals surface area contributed by atoms with Crippen molar-refractivity contribution in [1.82, 2.24) is 14.7 Å². The number of carbonyl (C=O) groups is 2. The lowest BCUT2D eigenvalue weighted by Crippen LogP contribution is -2.41. The molecular weight excluding hydrogens is 544 g/mol. The van der Waals surface area contributed by atoms with Gasteiger partial charge in [-0.3, -0.25) is 14.9 Å². The van der Waals surface area contributed by atoms with Crippen LogP contribution in [0.4, 0.5) is 10.5 Å². The van der Waals surface area contributed by atoms with Crippen LogP contribution in [0.25, 0.3) is 0 Å². The van der Waals surface area contributed by atoms with Gasteiger partial charge in [0.25, 0.3) is 11.6 Å². The molecule has 2 atom stereocenters. The number of benzene rings is 3. The van der Waals surface area contributed by atoms with E-state index < -0.39 is 11.0 Å². The van der Waals surface area contributed by atoms with E-state index in [4.69, 9.17) is 0 Å². The molecule has 3 aromatic carbocycles. The monoisotopic (exact) mass is 581 g/mol. The van der Waals surface area contributed by atoms with Gasteiger partial charge in [-0.2, -0.15) is 0 Å². The Hall–Kier alpha value is -4.50. The number of hydrogen-bond acceptors (Lipinski definition) is 6. The lowest BCUT2D eigenvalue weighted by Gasteiger charge is -2.34. The number of rotatable bonds is 10. The van der Waals surface area contributed by atoms with Gasteiger partial charge in [0, 0.05) is 56.3 Å². The first kappa shape index (κ1) is 30.0. The molecule has 0 unspecified atom stereocenters. The summed E-state index contributed by atoms with van der Waals surface area (Å²) >= 11 is 0. The molecule has 9 heteroatoms. The van der Waals surface area contributed by atoms with Crippen molar-refractivity contribution in [1.29, 1.82) is 0 Å². The van der Waals surface area contributed by atoms with E-state index in [9.17, 15) is 24.8 Å². The summed E-state index contributed by atoms with van der Waals surface area (Å²) < 4.78 is 0. The highest BCUT2D eigenvalue weighted by molar-refractivity contribution is 5.94. The zero-order valence-electron chi connectivity index (χ0n) is 24.2. The summed E-state index contributed by atoms with van der Waals surface area (Å²) in [5, 5.41) is 22.6. The smallest absolute Gasteiger partial charge is 0.269 e. The lowest BCUT2D eigenvalue weighted by molar-refractivity contribution is -0.384. The Morgan fingerprint density at radius 3 is 2.19 bits per heavy atom. The quantitative estimate of drug-likeness (QED) is 0.197. The zero-order valence-corrected chi connectivity index (χ0v) is 24.2. The predicted octanol–water partition coefficient (Wildman–Crippen LogP) is 4.56. The van der Waals surface area contributed by atoms with Gasteiger partial charge in [0.15, 0.2) is 0 Å². The fourth-order valence-electron chi connectivity index (χ4n) is 6.25. The lowest BCUT2D eigenvalue weighted by atomic mass is 9.87. The number of piperidine rings is 1. The van der Waals surface area contributed by atoms with Crippen molar-refractivity contribution < 1.29 is 19.6 Å². The van der Waals surface area contributed by atoms with Crippen LogP contribution in [0.5, 0.6) is 0 Å². The average molecular weight is 582 g/mol. The second-order valence-corrected chi connectivity index (χ2v) is 11.5. The largest absolute Gasteiger partial charge is 0.530 e. The fraction of sp³-hybridized carbons (Fsp3) is 0.353. The van der Waals surface area contributed by atoms with Crippen LogP contribution in [-0.2, 0) is 6.54 Å². The van der Waals surface area contributed by atoms with Crippen LogP contribution < -0.4 is 5.11 Å². The highest BCUT2D eigenvalue weighted by Crippen LogP contribution is 2.35. The number of likely N-dealkylation sites (tertiary alicyclic amines) is 2. The summed E-state index contributed by atoms with van der Waals surface area (Å²) in [6, 6.07) is 25.9. The first-order valence-electron chi connectivity index (χ1n) is 14.8. The Morgan fingerprint density at radius 1 is 0.907 bits per heavy atom. The molecule has 0 saturated carbocycles. The molecule has 0 spiro atoms. The molecule has 0 radical (unpaired) electrons. The maximum absolute atomic E-state index is 13.3.